The number of nitrogens with zero attached hydrogens (tertiary/aromatic N) is 2. The Morgan fingerprint density at radius 2 is 2.20 bits per heavy atom. The molecule has 1 aliphatic carbocycles. The van der Waals surface area contributed by atoms with Gasteiger partial charge >= 0.3 is 0 Å². The molecule has 0 aliphatic heterocycles. The van der Waals surface area contributed by atoms with Gasteiger partial charge in [-0.2, -0.15) is 0 Å². The van der Waals surface area contributed by atoms with E-state index < -0.39 is 0 Å². The van der Waals surface area contributed by atoms with Gasteiger partial charge < -0.3 is 5.32 Å². The number of thiophene rings is 1. The summed E-state index contributed by atoms with van der Waals surface area (Å²) in [6.07, 6.45) is 7.51. The van der Waals surface area contributed by atoms with Crippen LogP contribution in [-0.2, 0) is 0 Å². The van der Waals surface area contributed by atoms with Crippen LogP contribution in [0.2, 0.25) is 0 Å². The van der Waals surface area contributed by atoms with Crippen molar-refractivity contribution in [3.8, 4) is 12.3 Å². The highest BCUT2D eigenvalue weighted by atomic mass is 32.1. The molecule has 0 unspecified atom stereocenters. The Labute approximate surface area is 121 Å². The molecule has 3 rings (SSSR count). The highest BCUT2D eigenvalue weighted by Gasteiger charge is 2.28. The Morgan fingerprint density at radius 3 is 2.85 bits per heavy atom. The molecule has 0 atom stereocenters. The number of carbonyl (C=O) groups excluding carboxylic acids is 1. The van der Waals surface area contributed by atoms with Crippen LogP contribution in [0.4, 0.5) is 0 Å². The molecular weight excluding hydrogens is 270 g/mol. The summed E-state index contributed by atoms with van der Waals surface area (Å²) in [5.41, 5.74) is 1.90. The number of hydrogen-bond donors (Lipinski definition) is 1. The van der Waals surface area contributed by atoms with E-state index >= 15 is 0 Å². The molecule has 2 aromatic heterocycles. The van der Waals surface area contributed by atoms with Crippen molar-refractivity contribution in [2.24, 2.45) is 0 Å². The molecule has 1 aliphatic rings. The predicted molar refractivity (Wildman–Crippen MR) is 80.0 cm³/mol. The maximum absolute atomic E-state index is 12.1. The minimum absolute atomic E-state index is 0.129. The summed E-state index contributed by atoms with van der Waals surface area (Å²) in [6.45, 7) is 4.17. The van der Waals surface area contributed by atoms with E-state index in [0.717, 1.165) is 27.3 Å². The molecule has 0 spiro atoms. The zero-order valence-electron chi connectivity index (χ0n) is 11.5. The smallest absolute Gasteiger partial charge is 0.262 e. The number of hydrogen-bond acceptors (Lipinski definition) is 4. The quantitative estimate of drug-likeness (QED) is 0.882. The molecule has 1 saturated carbocycles. The fourth-order valence-electron chi connectivity index (χ4n) is 2.31. The lowest BCUT2D eigenvalue weighted by molar-refractivity contribution is 0.0962. The third kappa shape index (κ3) is 2.16. The van der Waals surface area contributed by atoms with Gasteiger partial charge in [0.2, 0.25) is 0 Å². The summed E-state index contributed by atoms with van der Waals surface area (Å²) >= 11 is 1.42. The Morgan fingerprint density at radius 1 is 1.45 bits per heavy atom. The summed E-state index contributed by atoms with van der Waals surface area (Å²) in [5, 5.41) is 3.71. The molecule has 5 heteroatoms. The topological polar surface area (TPSA) is 54.9 Å². The maximum atomic E-state index is 12.1. The van der Waals surface area contributed by atoms with Crippen LogP contribution in [0.25, 0.3) is 10.2 Å². The minimum Gasteiger partial charge on any atom is -0.340 e. The lowest BCUT2D eigenvalue weighted by Crippen LogP contribution is -2.23. The van der Waals surface area contributed by atoms with Crippen molar-refractivity contribution in [3.05, 3.63) is 22.0 Å². The average Bonchev–Trinajstić information content (AvgIpc) is 3.21. The van der Waals surface area contributed by atoms with E-state index in [9.17, 15) is 4.79 Å². The van der Waals surface area contributed by atoms with E-state index in [0.29, 0.717) is 10.8 Å². The van der Waals surface area contributed by atoms with E-state index in [-0.39, 0.29) is 12.5 Å². The number of amides is 1. The number of terminal acetylenes is 1. The highest BCUT2D eigenvalue weighted by Crippen LogP contribution is 2.40. The normalized spacial score (nSPS) is 14.2. The molecule has 1 amide bonds. The first-order valence-electron chi connectivity index (χ1n) is 6.61. The average molecular weight is 285 g/mol. The first kappa shape index (κ1) is 13.1. The molecule has 1 fully saturated rings. The van der Waals surface area contributed by atoms with Gasteiger partial charge in [0.25, 0.3) is 5.91 Å². The van der Waals surface area contributed by atoms with E-state index in [1.54, 1.807) is 0 Å². The molecule has 0 aromatic carbocycles. The number of aromatic nitrogens is 2. The fraction of sp³-hybridized carbons (Fsp3) is 0.400. The minimum atomic E-state index is -0.129. The maximum Gasteiger partial charge on any atom is 0.262 e. The van der Waals surface area contributed by atoms with Crippen LogP contribution in [-0.4, -0.2) is 22.4 Å². The van der Waals surface area contributed by atoms with Crippen molar-refractivity contribution in [3.63, 3.8) is 0 Å². The van der Waals surface area contributed by atoms with E-state index in [1.807, 2.05) is 13.8 Å². The zero-order valence-corrected chi connectivity index (χ0v) is 12.3. The molecule has 0 saturated heterocycles. The lowest BCUT2D eigenvalue weighted by Gasteiger charge is -2.02. The predicted octanol–water partition coefficient (Wildman–Crippen LogP) is 2.55. The summed E-state index contributed by atoms with van der Waals surface area (Å²) in [4.78, 5) is 22.9. The van der Waals surface area contributed by atoms with Crippen molar-refractivity contribution in [1.82, 2.24) is 15.3 Å². The second kappa shape index (κ2) is 4.88. The molecule has 0 radical (unpaired) electrons. The van der Waals surface area contributed by atoms with Gasteiger partial charge in [-0.1, -0.05) is 5.92 Å². The highest BCUT2D eigenvalue weighted by molar-refractivity contribution is 7.20. The molecular formula is C15H15N3OS. The van der Waals surface area contributed by atoms with Crippen LogP contribution >= 0.6 is 11.3 Å². The third-order valence-electron chi connectivity index (χ3n) is 3.49. The molecule has 4 nitrogen and oxygen atoms in total. The molecule has 1 N–H and O–H groups in total. The lowest BCUT2D eigenvalue weighted by atomic mass is 10.1. The van der Waals surface area contributed by atoms with Gasteiger partial charge in [-0.25, -0.2) is 9.97 Å². The van der Waals surface area contributed by atoms with E-state index in [2.05, 4.69) is 21.2 Å². The van der Waals surface area contributed by atoms with Crippen molar-refractivity contribution in [2.45, 2.75) is 32.6 Å². The number of aryl methyl sites for hydroxylation is 2. The second-order valence-corrected chi connectivity index (χ2v) is 6.06. The van der Waals surface area contributed by atoms with Crippen LogP contribution in [0.15, 0.2) is 0 Å². The van der Waals surface area contributed by atoms with Gasteiger partial charge in [0.05, 0.1) is 17.1 Å². The van der Waals surface area contributed by atoms with Crippen LogP contribution in [0.3, 0.4) is 0 Å². The van der Waals surface area contributed by atoms with Crippen molar-refractivity contribution in [1.29, 1.82) is 0 Å². The molecule has 0 bridgehead atoms. The Hall–Kier alpha value is -1.93. The summed E-state index contributed by atoms with van der Waals surface area (Å²) < 4.78 is 0. The molecule has 2 heterocycles. The summed E-state index contributed by atoms with van der Waals surface area (Å²) in [6, 6.07) is 0. The third-order valence-corrected chi connectivity index (χ3v) is 4.67. The largest absolute Gasteiger partial charge is 0.340 e. The summed E-state index contributed by atoms with van der Waals surface area (Å²) in [7, 11) is 0. The van der Waals surface area contributed by atoms with E-state index in [1.165, 1.54) is 24.2 Å². The zero-order chi connectivity index (χ0) is 14.3. The number of rotatable bonds is 3. The Balaban J connectivity index is 2.07. The van der Waals surface area contributed by atoms with Crippen LogP contribution in [0.5, 0.6) is 0 Å². The molecule has 102 valence electrons. The SMILES string of the molecule is C#CCNC(=O)c1sc2nc(C3CC3)nc(C)c2c1C. The van der Waals surface area contributed by atoms with Crippen molar-refractivity contribution < 1.29 is 4.79 Å². The van der Waals surface area contributed by atoms with Crippen molar-refractivity contribution >= 4 is 27.5 Å². The van der Waals surface area contributed by atoms with E-state index in [4.69, 9.17) is 6.42 Å². The molecule has 20 heavy (non-hydrogen) atoms. The second-order valence-electron chi connectivity index (χ2n) is 5.06. The van der Waals surface area contributed by atoms with Gasteiger partial charge in [-0.15, -0.1) is 17.8 Å². The van der Waals surface area contributed by atoms with Gasteiger partial charge in [-0.3, -0.25) is 4.79 Å². The first-order valence-corrected chi connectivity index (χ1v) is 7.42. The molecule has 2 aromatic rings. The van der Waals surface area contributed by atoms with Gasteiger partial charge in [0.15, 0.2) is 0 Å². The monoisotopic (exact) mass is 285 g/mol. The van der Waals surface area contributed by atoms with Crippen LogP contribution in [0.1, 0.15) is 45.5 Å². The van der Waals surface area contributed by atoms with Crippen molar-refractivity contribution in [2.75, 3.05) is 6.54 Å². The van der Waals surface area contributed by atoms with Crippen LogP contribution in [0, 0.1) is 26.2 Å². The number of nitrogens with one attached hydrogen (secondary N) is 1. The van der Waals surface area contributed by atoms with Gasteiger partial charge in [-0.05, 0) is 32.3 Å². The standard InChI is InChI=1S/C15H15N3OS/c1-4-7-16-14(19)12-8(2)11-9(3)17-13(10-5-6-10)18-15(11)20-12/h1,10H,5-7H2,2-3H3,(H,16,19). The van der Waals surface area contributed by atoms with Gasteiger partial charge in [0.1, 0.15) is 10.7 Å². The number of fused-ring (bicyclic) bond motifs is 1. The first-order chi connectivity index (χ1) is 9.61. The van der Waals surface area contributed by atoms with Gasteiger partial charge in [0, 0.05) is 11.3 Å². The fourth-order valence-corrected chi connectivity index (χ4v) is 3.47. The Bertz CT molecular complexity index is 738. The van der Waals surface area contributed by atoms with Crippen LogP contribution < -0.4 is 5.32 Å². The number of carbonyl (C=O) groups is 1. The summed E-state index contributed by atoms with van der Waals surface area (Å²) in [5.74, 6) is 3.72. The Kier molecular flexibility index (Phi) is 3.19.